The van der Waals surface area contributed by atoms with E-state index in [1.807, 2.05) is 0 Å². The summed E-state index contributed by atoms with van der Waals surface area (Å²) < 4.78 is 5.89. The smallest absolute Gasteiger partial charge is 0.323 e. The van der Waals surface area contributed by atoms with Gasteiger partial charge < -0.3 is 4.74 Å². The topological polar surface area (TPSA) is 26.3 Å². The standard InChI is InChI=1S/C25H32O2/c1-14-10-16(3)18(11-15(14)2)21-19-12-17(24(4,5)6)13-20(25(7,8)9)22(19)27-23(21)26/h10-13,21H,1-9H3. The number of fused-ring (bicyclic) bond motifs is 1. The van der Waals surface area contributed by atoms with Crippen molar-refractivity contribution in [1.29, 1.82) is 0 Å². The van der Waals surface area contributed by atoms with Crippen LogP contribution in [0.4, 0.5) is 0 Å². The minimum absolute atomic E-state index is 0.00343. The molecule has 1 heterocycles. The molecule has 0 saturated heterocycles. The Morgan fingerprint density at radius 3 is 1.89 bits per heavy atom. The number of hydrogen-bond acceptors (Lipinski definition) is 2. The molecule has 1 atom stereocenters. The summed E-state index contributed by atoms with van der Waals surface area (Å²) in [6.07, 6.45) is 0. The second kappa shape index (κ2) is 6.22. The van der Waals surface area contributed by atoms with Gasteiger partial charge >= 0.3 is 5.97 Å². The van der Waals surface area contributed by atoms with Gasteiger partial charge in [0.05, 0.1) is 0 Å². The molecule has 1 aliphatic heterocycles. The lowest BCUT2D eigenvalue weighted by atomic mass is 9.77. The quantitative estimate of drug-likeness (QED) is 0.441. The first-order valence-electron chi connectivity index (χ1n) is 9.79. The zero-order valence-corrected chi connectivity index (χ0v) is 18.2. The van der Waals surface area contributed by atoms with Crippen molar-refractivity contribution in [2.45, 2.75) is 79.1 Å². The van der Waals surface area contributed by atoms with E-state index in [0.717, 1.165) is 28.0 Å². The molecule has 0 amide bonds. The fourth-order valence-corrected chi connectivity index (χ4v) is 3.84. The van der Waals surface area contributed by atoms with E-state index >= 15 is 0 Å². The van der Waals surface area contributed by atoms with E-state index in [1.54, 1.807) is 0 Å². The molecule has 0 bridgehead atoms. The second-order valence-corrected chi connectivity index (χ2v) is 10.1. The lowest BCUT2D eigenvalue weighted by Crippen LogP contribution is -2.17. The molecule has 2 heteroatoms. The predicted octanol–water partition coefficient (Wildman–Crippen LogP) is 6.26. The van der Waals surface area contributed by atoms with Crippen LogP contribution in [-0.4, -0.2) is 5.97 Å². The Kier molecular flexibility index (Phi) is 4.53. The number of carbonyl (C=O) groups excluding carboxylic acids is 1. The molecule has 3 rings (SSSR count). The van der Waals surface area contributed by atoms with E-state index in [1.165, 1.54) is 16.7 Å². The van der Waals surface area contributed by atoms with Crippen LogP contribution in [0.1, 0.15) is 86.4 Å². The first kappa shape index (κ1) is 19.7. The lowest BCUT2D eigenvalue weighted by molar-refractivity contribution is -0.133. The number of hydrogen-bond donors (Lipinski definition) is 0. The highest BCUT2D eigenvalue weighted by Crippen LogP contribution is 2.47. The Hall–Kier alpha value is -2.09. The van der Waals surface area contributed by atoms with E-state index in [9.17, 15) is 4.79 Å². The molecule has 0 spiro atoms. The Morgan fingerprint density at radius 1 is 0.741 bits per heavy atom. The fourth-order valence-electron chi connectivity index (χ4n) is 3.84. The van der Waals surface area contributed by atoms with Gasteiger partial charge in [0.2, 0.25) is 0 Å². The third-order valence-corrected chi connectivity index (χ3v) is 5.73. The second-order valence-electron chi connectivity index (χ2n) is 10.1. The molecule has 2 nitrogen and oxygen atoms in total. The van der Waals surface area contributed by atoms with E-state index in [-0.39, 0.29) is 22.7 Å². The van der Waals surface area contributed by atoms with Gasteiger partial charge in [-0.3, -0.25) is 4.79 Å². The summed E-state index contributed by atoms with van der Waals surface area (Å²) in [7, 11) is 0. The molecule has 2 aromatic carbocycles. The summed E-state index contributed by atoms with van der Waals surface area (Å²) in [4.78, 5) is 13.0. The predicted molar refractivity (Wildman–Crippen MR) is 112 cm³/mol. The van der Waals surface area contributed by atoms with Crippen molar-refractivity contribution < 1.29 is 9.53 Å². The molecule has 0 aromatic heterocycles. The molecule has 0 aliphatic carbocycles. The minimum Gasteiger partial charge on any atom is -0.425 e. The van der Waals surface area contributed by atoms with Crippen LogP contribution < -0.4 is 4.74 Å². The lowest BCUT2D eigenvalue weighted by Gasteiger charge is -2.27. The van der Waals surface area contributed by atoms with Gasteiger partial charge in [-0.2, -0.15) is 0 Å². The van der Waals surface area contributed by atoms with Gasteiger partial charge in [0.1, 0.15) is 11.7 Å². The van der Waals surface area contributed by atoms with Crippen LogP contribution in [0.3, 0.4) is 0 Å². The van der Waals surface area contributed by atoms with Crippen molar-refractivity contribution in [2.75, 3.05) is 0 Å². The van der Waals surface area contributed by atoms with Crippen LogP contribution in [0, 0.1) is 20.8 Å². The average Bonchev–Trinajstić information content (AvgIpc) is 2.83. The van der Waals surface area contributed by atoms with Crippen LogP contribution in [0.2, 0.25) is 0 Å². The summed E-state index contributed by atoms with van der Waals surface area (Å²) in [5.41, 5.74) is 7.95. The van der Waals surface area contributed by atoms with Crippen molar-refractivity contribution in [3.05, 3.63) is 63.2 Å². The van der Waals surface area contributed by atoms with Crippen molar-refractivity contribution >= 4 is 5.97 Å². The van der Waals surface area contributed by atoms with Crippen LogP contribution in [0.15, 0.2) is 24.3 Å². The highest BCUT2D eigenvalue weighted by atomic mass is 16.5. The first-order valence-corrected chi connectivity index (χ1v) is 9.79. The molecule has 0 fully saturated rings. The molecular formula is C25H32O2. The van der Waals surface area contributed by atoms with Gasteiger partial charge in [0, 0.05) is 11.1 Å². The Labute approximate surface area is 164 Å². The summed E-state index contributed by atoms with van der Waals surface area (Å²) in [6, 6.07) is 8.75. The molecule has 0 radical (unpaired) electrons. The minimum atomic E-state index is -0.345. The molecule has 1 aliphatic rings. The summed E-state index contributed by atoms with van der Waals surface area (Å²) in [5, 5.41) is 0. The maximum atomic E-state index is 13.0. The molecule has 0 N–H and O–H groups in total. The van der Waals surface area contributed by atoms with Gasteiger partial charge in [0.25, 0.3) is 0 Å². The van der Waals surface area contributed by atoms with E-state index < -0.39 is 0 Å². The molecule has 144 valence electrons. The Morgan fingerprint density at radius 2 is 1.33 bits per heavy atom. The number of esters is 1. The molecular weight excluding hydrogens is 332 g/mol. The zero-order valence-electron chi connectivity index (χ0n) is 18.2. The zero-order chi connectivity index (χ0) is 20.3. The number of carbonyl (C=O) groups is 1. The highest BCUT2D eigenvalue weighted by Gasteiger charge is 2.40. The summed E-state index contributed by atoms with van der Waals surface area (Å²) in [6.45, 7) is 19.5. The van der Waals surface area contributed by atoms with Gasteiger partial charge in [-0.1, -0.05) is 65.8 Å². The largest absolute Gasteiger partial charge is 0.425 e. The fraction of sp³-hybridized carbons (Fsp3) is 0.480. The Bertz CT molecular complexity index is 921. The normalized spacial score (nSPS) is 17.1. The van der Waals surface area contributed by atoms with Crippen molar-refractivity contribution in [2.24, 2.45) is 0 Å². The van der Waals surface area contributed by atoms with Gasteiger partial charge in [-0.25, -0.2) is 0 Å². The highest BCUT2D eigenvalue weighted by molar-refractivity contribution is 5.91. The van der Waals surface area contributed by atoms with E-state index in [4.69, 9.17) is 4.74 Å². The molecule has 27 heavy (non-hydrogen) atoms. The van der Waals surface area contributed by atoms with Gasteiger partial charge in [-0.15, -0.1) is 0 Å². The number of aryl methyl sites for hydroxylation is 3. The van der Waals surface area contributed by atoms with Crippen LogP contribution >= 0.6 is 0 Å². The molecule has 1 unspecified atom stereocenters. The number of benzene rings is 2. The van der Waals surface area contributed by atoms with Crippen LogP contribution in [0.5, 0.6) is 5.75 Å². The van der Waals surface area contributed by atoms with E-state index in [2.05, 4.69) is 86.6 Å². The van der Waals surface area contributed by atoms with Crippen molar-refractivity contribution in [3.63, 3.8) is 0 Å². The third-order valence-electron chi connectivity index (χ3n) is 5.73. The van der Waals surface area contributed by atoms with Crippen molar-refractivity contribution in [1.82, 2.24) is 0 Å². The summed E-state index contributed by atoms with van der Waals surface area (Å²) in [5.74, 6) is 0.263. The number of rotatable bonds is 1. The molecule has 2 aromatic rings. The van der Waals surface area contributed by atoms with Gasteiger partial charge in [-0.05, 0) is 59.4 Å². The van der Waals surface area contributed by atoms with Crippen LogP contribution in [-0.2, 0) is 15.6 Å². The average molecular weight is 365 g/mol. The first-order chi connectivity index (χ1) is 12.3. The monoisotopic (exact) mass is 364 g/mol. The van der Waals surface area contributed by atoms with Gasteiger partial charge in [0.15, 0.2) is 0 Å². The number of ether oxygens (including phenoxy) is 1. The maximum Gasteiger partial charge on any atom is 0.323 e. The molecule has 0 saturated carbocycles. The summed E-state index contributed by atoms with van der Waals surface area (Å²) >= 11 is 0. The Balaban J connectivity index is 2.30. The van der Waals surface area contributed by atoms with E-state index in [0.29, 0.717) is 0 Å². The SMILES string of the molecule is Cc1cc(C)c(C2C(=O)Oc3c2cc(C(C)(C)C)cc3C(C)(C)C)cc1C. The van der Waals surface area contributed by atoms with Crippen LogP contribution in [0.25, 0.3) is 0 Å². The van der Waals surface area contributed by atoms with Crippen molar-refractivity contribution in [3.8, 4) is 5.75 Å². The maximum absolute atomic E-state index is 13.0. The third kappa shape index (κ3) is 3.42.